The van der Waals surface area contributed by atoms with Gasteiger partial charge in [-0.15, -0.1) is 0 Å². The second kappa shape index (κ2) is 7.17. The average molecular weight is 367 g/mol. The summed E-state index contributed by atoms with van der Waals surface area (Å²) in [6, 6.07) is 11.4. The summed E-state index contributed by atoms with van der Waals surface area (Å²) < 4.78 is 8.37. The molecule has 7 nitrogen and oxygen atoms in total. The van der Waals surface area contributed by atoms with Crippen molar-refractivity contribution in [3.8, 4) is 0 Å². The summed E-state index contributed by atoms with van der Waals surface area (Å²) >= 11 is 1.17. The Labute approximate surface area is 154 Å². The van der Waals surface area contributed by atoms with E-state index in [1.54, 1.807) is 11.1 Å². The van der Waals surface area contributed by atoms with Gasteiger partial charge in [0.25, 0.3) is 0 Å². The van der Waals surface area contributed by atoms with Gasteiger partial charge in [-0.25, -0.2) is 0 Å². The van der Waals surface area contributed by atoms with E-state index in [4.69, 9.17) is 0 Å². The molecule has 1 unspecified atom stereocenters. The number of nitrogens with zero attached hydrogens (tertiary/aromatic N) is 4. The molecule has 1 aliphatic rings. The van der Waals surface area contributed by atoms with Gasteiger partial charge in [-0.2, -0.15) is 8.75 Å². The van der Waals surface area contributed by atoms with Gasteiger partial charge < -0.3 is 10.2 Å². The first-order valence-electron chi connectivity index (χ1n) is 8.35. The van der Waals surface area contributed by atoms with E-state index >= 15 is 0 Å². The molecule has 3 heterocycles. The van der Waals surface area contributed by atoms with Crippen molar-refractivity contribution in [1.29, 1.82) is 0 Å². The summed E-state index contributed by atoms with van der Waals surface area (Å²) in [5, 5.41) is 2.92. The standard InChI is InChI=1S/C18H17N5O2S/c24-17-8-13(10-23(17)11-14-3-1-2-6-19-14)18(25)20-9-12-4-5-15-16(7-12)22-26-21-15/h1-7,13H,8-11H2,(H,20,25). The van der Waals surface area contributed by atoms with Gasteiger partial charge in [-0.3, -0.25) is 14.6 Å². The van der Waals surface area contributed by atoms with Crippen molar-refractivity contribution < 1.29 is 9.59 Å². The number of amides is 2. The molecule has 1 N–H and O–H groups in total. The van der Waals surface area contributed by atoms with Crippen LogP contribution < -0.4 is 5.32 Å². The average Bonchev–Trinajstić information content (AvgIpc) is 3.27. The van der Waals surface area contributed by atoms with Crippen molar-refractivity contribution in [2.24, 2.45) is 5.92 Å². The van der Waals surface area contributed by atoms with Crippen LogP contribution in [0.5, 0.6) is 0 Å². The second-order valence-electron chi connectivity index (χ2n) is 6.30. The Kier molecular flexibility index (Phi) is 4.57. The van der Waals surface area contributed by atoms with Crippen LogP contribution >= 0.6 is 11.7 Å². The molecule has 132 valence electrons. The molecule has 4 rings (SSSR count). The summed E-state index contributed by atoms with van der Waals surface area (Å²) in [6.07, 6.45) is 1.95. The predicted octanol–water partition coefficient (Wildman–Crippen LogP) is 1.75. The molecule has 1 atom stereocenters. The Bertz CT molecular complexity index is 943. The van der Waals surface area contributed by atoms with E-state index in [0.29, 0.717) is 19.6 Å². The number of rotatable bonds is 5. The van der Waals surface area contributed by atoms with Crippen LogP contribution in [-0.4, -0.2) is 37.0 Å². The van der Waals surface area contributed by atoms with Gasteiger partial charge >= 0.3 is 0 Å². The molecule has 8 heteroatoms. The highest BCUT2D eigenvalue weighted by Crippen LogP contribution is 2.20. The molecule has 0 bridgehead atoms. The van der Waals surface area contributed by atoms with Crippen LogP contribution in [0.25, 0.3) is 11.0 Å². The third-order valence-electron chi connectivity index (χ3n) is 4.45. The Morgan fingerprint density at radius 3 is 2.96 bits per heavy atom. The minimum atomic E-state index is -0.323. The minimum Gasteiger partial charge on any atom is -0.352 e. The van der Waals surface area contributed by atoms with Crippen molar-refractivity contribution in [2.45, 2.75) is 19.5 Å². The smallest absolute Gasteiger partial charge is 0.225 e. The number of fused-ring (bicyclic) bond motifs is 1. The van der Waals surface area contributed by atoms with Crippen LogP contribution in [0.3, 0.4) is 0 Å². The summed E-state index contributed by atoms with van der Waals surface area (Å²) in [4.78, 5) is 30.6. The van der Waals surface area contributed by atoms with Crippen LogP contribution in [0.15, 0.2) is 42.6 Å². The third-order valence-corrected chi connectivity index (χ3v) is 5.01. The summed E-state index contributed by atoms with van der Waals surface area (Å²) in [5.74, 6) is -0.431. The SMILES string of the molecule is O=C(NCc1ccc2nsnc2c1)C1CC(=O)N(Cc2ccccn2)C1. The monoisotopic (exact) mass is 367 g/mol. The van der Waals surface area contributed by atoms with Crippen molar-refractivity contribution >= 4 is 34.6 Å². The molecule has 3 aromatic rings. The lowest BCUT2D eigenvalue weighted by Gasteiger charge is -2.16. The van der Waals surface area contributed by atoms with Crippen molar-refractivity contribution in [3.05, 3.63) is 53.9 Å². The minimum absolute atomic E-state index is 0.00855. The Morgan fingerprint density at radius 1 is 1.23 bits per heavy atom. The fraction of sp³-hybridized carbons (Fsp3) is 0.278. The first-order chi connectivity index (χ1) is 12.7. The molecule has 0 radical (unpaired) electrons. The highest BCUT2D eigenvalue weighted by Gasteiger charge is 2.34. The lowest BCUT2D eigenvalue weighted by atomic mass is 10.1. The third kappa shape index (κ3) is 3.55. The van der Waals surface area contributed by atoms with Crippen LogP contribution in [0, 0.1) is 5.92 Å². The first kappa shape index (κ1) is 16.6. The molecular formula is C18H17N5O2S. The first-order valence-corrected chi connectivity index (χ1v) is 9.08. The lowest BCUT2D eigenvalue weighted by molar-refractivity contribution is -0.129. The highest BCUT2D eigenvalue weighted by atomic mass is 32.1. The molecule has 1 aliphatic heterocycles. The number of nitrogens with one attached hydrogen (secondary N) is 1. The zero-order valence-corrected chi connectivity index (χ0v) is 14.8. The number of carbonyl (C=O) groups is 2. The quantitative estimate of drug-likeness (QED) is 0.742. The molecular weight excluding hydrogens is 350 g/mol. The topological polar surface area (TPSA) is 88.1 Å². The van der Waals surface area contributed by atoms with Gasteiger partial charge in [-0.05, 0) is 29.8 Å². The fourth-order valence-electron chi connectivity index (χ4n) is 3.06. The summed E-state index contributed by atoms with van der Waals surface area (Å²) in [5.41, 5.74) is 3.48. The Hall–Kier alpha value is -2.87. The Morgan fingerprint density at radius 2 is 2.12 bits per heavy atom. The zero-order valence-electron chi connectivity index (χ0n) is 14.0. The van der Waals surface area contributed by atoms with Crippen LogP contribution in [0.4, 0.5) is 0 Å². The van der Waals surface area contributed by atoms with E-state index in [-0.39, 0.29) is 24.2 Å². The normalized spacial score (nSPS) is 17.0. The maximum Gasteiger partial charge on any atom is 0.225 e. The molecule has 26 heavy (non-hydrogen) atoms. The zero-order chi connectivity index (χ0) is 17.9. The maximum atomic E-state index is 12.4. The molecule has 1 aromatic carbocycles. The molecule has 0 aliphatic carbocycles. The van der Waals surface area contributed by atoms with E-state index in [1.165, 1.54) is 11.7 Å². The van der Waals surface area contributed by atoms with E-state index in [0.717, 1.165) is 22.3 Å². The van der Waals surface area contributed by atoms with Crippen LogP contribution in [-0.2, 0) is 22.7 Å². The van der Waals surface area contributed by atoms with Gasteiger partial charge in [0.1, 0.15) is 11.0 Å². The number of hydrogen-bond acceptors (Lipinski definition) is 6. The second-order valence-corrected chi connectivity index (χ2v) is 6.83. The molecule has 0 spiro atoms. The van der Waals surface area contributed by atoms with Crippen molar-refractivity contribution in [1.82, 2.24) is 23.9 Å². The summed E-state index contributed by atoms with van der Waals surface area (Å²) in [7, 11) is 0. The fourth-order valence-corrected chi connectivity index (χ4v) is 3.58. The van der Waals surface area contributed by atoms with Gasteiger partial charge in [0.05, 0.1) is 29.9 Å². The molecule has 0 saturated carbocycles. The van der Waals surface area contributed by atoms with Gasteiger partial charge in [0.2, 0.25) is 11.8 Å². The molecule has 1 fully saturated rings. The number of hydrogen-bond donors (Lipinski definition) is 1. The van der Waals surface area contributed by atoms with E-state index in [2.05, 4.69) is 19.0 Å². The molecule has 2 amide bonds. The number of carbonyl (C=O) groups excluding carboxylic acids is 2. The molecule has 1 saturated heterocycles. The Balaban J connectivity index is 1.34. The van der Waals surface area contributed by atoms with E-state index < -0.39 is 0 Å². The number of pyridine rings is 1. The molecule has 2 aromatic heterocycles. The van der Waals surface area contributed by atoms with E-state index in [1.807, 2.05) is 36.4 Å². The number of likely N-dealkylation sites (tertiary alicyclic amines) is 1. The van der Waals surface area contributed by atoms with Crippen LogP contribution in [0.1, 0.15) is 17.7 Å². The lowest BCUT2D eigenvalue weighted by Crippen LogP contribution is -2.32. The van der Waals surface area contributed by atoms with Gasteiger partial charge in [0, 0.05) is 25.7 Å². The maximum absolute atomic E-state index is 12.4. The largest absolute Gasteiger partial charge is 0.352 e. The van der Waals surface area contributed by atoms with Crippen LogP contribution in [0.2, 0.25) is 0 Å². The summed E-state index contributed by atoms with van der Waals surface area (Å²) in [6.45, 7) is 1.28. The number of benzene rings is 1. The highest BCUT2D eigenvalue weighted by molar-refractivity contribution is 7.00. The van der Waals surface area contributed by atoms with Gasteiger partial charge in [0.15, 0.2) is 0 Å². The van der Waals surface area contributed by atoms with Gasteiger partial charge in [-0.1, -0.05) is 12.1 Å². The van der Waals surface area contributed by atoms with Crippen molar-refractivity contribution in [3.63, 3.8) is 0 Å². The predicted molar refractivity (Wildman–Crippen MR) is 97.0 cm³/mol. The number of aromatic nitrogens is 3. The van der Waals surface area contributed by atoms with E-state index in [9.17, 15) is 9.59 Å². The van der Waals surface area contributed by atoms with Crippen molar-refractivity contribution in [2.75, 3.05) is 6.54 Å².